The Hall–Kier alpha value is -0.890. The molecule has 1 rings (SSSR count). The quantitative estimate of drug-likeness (QED) is 0.571. The Labute approximate surface area is 125 Å². The van der Waals surface area contributed by atoms with Crippen LogP contribution in [0, 0.1) is 11.7 Å². The second-order valence-corrected chi connectivity index (χ2v) is 5.72. The van der Waals surface area contributed by atoms with Crippen molar-refractivity contribution in [1.82, 2.24) is 5.32 Å². The van der Waals surface area contributed by atoms with Crippen LogP contribution in [0.15, 0.2) is 18.2 Å². The molecule has 0 heterocycles. The summed E-state index contributed by atoms with van der Waals surface area (Å²) >= 11 is 0. The predicted octanol–water partition coefficient (Wildman–Crippen LogP) is 5.33. The minimum Gasteiger partial charge on any atom is -0.313 e. The summed E-state index contributed by atoms with van der Waals surface area (Å²) in [6, 6.07) is 5.63. The molecule has 0 fully saturated rings. The maximum atomic E-state index is 13.8. The molecule has 1 aromatic rings. The van der Waals surface area contributed by atoms with Gasteiger partial charge in [-0.15, -0.1) is 0 Å². The van der Waals surface area contributed by atoms with Gasteiger partial charge in [-0.1, -0.05) is 58.6 Å². The largest absolute Gasteiger partial charge is 0.313 e. The van der Waals surface area contributed by atoms with Crippen LogP contribution >= 0.6 is 0 Å². The number of hydrogen-bond acceptors (Lipinski definition) is 1. The van der Waals surface area contributed by atoms with E-state index in [1.807, 2.05) is 12.1 Å². The van der Waals surface area contributed by atoms with E-state index in [0.717, 1.165) is 30.9 Å². The lowest BCUT2D eigenvalue weighted by Crippen LogP contribution is -2.15. The number of unbranched alkanes of at least 4 members (excludes halogenated alkanes) is 1. The molecule has 1 aromatic carbocycles. The van der Waals surface area contributed by atoms with Crippen molar-refractivity contribution in [3.05, 3.63) is 35.1 Å². The van der Waals surface area contributed by atoms with E-state index in [1.54, 1.807) is 6.07 Å². The number of benzene rings is 1. The Morgan fingerprint density at radius 2 is 2.00 bits per heavy atom. The van der Waals surface area contributed by atoms with Crippen LogP contribution in [0.3, 0.4) is 0 Å². The molecule has 0 aliphatic rings. The summed E-state index contributed by atoms with van der Waals surface area (Å²) in [6.45, 7) is 8.26. The molecule has 0 saturated carbocycles. The van der Waals surface area contributed by atoms with Gasteiger partial charge in [0.15, 0.2) is 0 Å². The predicted molar refractivity (Wildman–Crippen MR) is 87.5 cm³/mol. The lowest BCUT2D eigenvalue weighted by atomic mass is 9.92. The molecule has 0 aliphatic heterocycles. The van der Waals surface area contributed by atoms with Gasteiger partial charge in [-0.2, -0.15) is 0 Å². The van der Waals surface area contributed by atoms with E-state index >= 15 is 0 Å². The zero-order valence-corrected chi connectivity index (χ0v) is 13.3. The normalized spacial score (nSPS) is 12.6. The molecular weight excluding hydrogens is 249 g/mol. The Morgan fingerprint density at radius 1 is 1.20 bits per heavy atom. The molecule has 0 saturated heterocycles. The summed E-state index contributed by atoms with van der Waals surface area (Å²) in [5.41, 5.74) is 2.09. The van der Waals surface area contributed by atoms with E-state index in [4.69, 9.17) is 0 Å². The van der Waals surface area contributed by atoms with Gasteiger partial charge in [-0.3, -0.25) is 0 Å². The monoisotopic (exact) mass is 281 g/mol. The summed E-state index contributed by atoms with van der Waals surface area (Å²) in [7, 11) is 0. The van der Waals surface area contributed by atoms with Gasteiger partial charge >= 0.3 is 0 Å². The van der Waals surface area contributed by atoms with Crippen molar-refractivity contribution in [2.45, 2.75) is 65.8 Å². The third kappa shape index (κ3) is 6.04. The van der Waals surface area contributed by atoms with Gasteiger partial charge in [0.25, 0.3) is 0 Å². The SMILES string of the molecule is CCCCNCc1cc(CC(CC)CCC)ccc1F.[HH]. The fraction of sp³-hybridized carbons (Fsp3) is 0.667. The lowest BCUT2D eigenvalue weighted by Gasteiger charge is -2.15. The molecule has 116 valence electrons. The van der Waals surface area contributed by atoms with Gasteiger partial charge in [0, 0.05) is 13.5 Å². The van der Waals surface area contributed by atoms with Crippen molar-refractivity contribution < 1.29 is 5.82 Å². The molecule has 1 N–H and O–H groups in total. The van der Waals surface area contributed by atoms with Crippen molar-refractivity contribution in [3.63, 3.8) is 0 Å². The van der Waals surface area contributed by atoms with Crippen molar-refractivity contribution in [1.29, 1.82) is 0 Å². The Morgan fingerprint density at radius 3 is 2.65 bits per heavy atom. The van der Waals surface area contributed by atoms with Crippen molar-refractivity contribution in [3.8, 4) is 0 Å². The fourth-order valence-electron chi connectivity index (χ4n) is 2.61. The highest BCUT2D eigenvalue weighted by molar-refractivity contribution is 5.25. The number of halogens is 1. The Kier molecular flexibility index (Phi) is 8.52. The topological polar surface area (TPSA) is 12.0 Å². The highest BCUT2D eigenvalue weighted by Crippen LogP contribution is 2.19. The zero-order valence-electron chi connectivity index (χ0n) is 13.3. The van der Waals surface area contributed by atoms with E-state index in [0.29, 0.717) is 6.54 Å². The first-order valence-corrected chi connectivity index (χ1v) is 8.19. The standard InChI is InChI=1S/C18H30FN.H2/c1-4-7-11-20-14-17-13-16(9-10-18(17)19)12-15(6-3)8-5-2;/h9-10,13,15,20H,4-8,11-12,14H2,1-3H3;1H. The lowest BCUT2D eigenvalue weighted by molar-refractivity contribution is 0.461. The Balaban J connectivity index is 0.00000400. The molecule has 0 aromatic heterocycles. The second-order valence-electron chi connectivity index (χ2n) is 5.72. The van der Waals surface area contributed by atoms with E-state index in [9.17, 15) is 4.39 Å². The summed E-state index contributed by atoms with van der Waals surface area (Å²) in [4.78, 5) is 0. The van der Waals surface area contributed by atoms with Crippen LogP contribution in [0.1, 0.15) is 65.4 Å². The molecule has 1 nitrogen and oxygen atoms in total. The third-order valence-corrected chi connectivity index (χ3v) is 3.93. The van der Waals surface area contributed by atoms with Crippen molar-refractivity contribution >= 4 is 0 Å². The summed E-state index contributed by atoms with van der Waals surface area (Å²) in [5.74, 6) is 0.646. The summed E-state index contributed by atoms with van der Waals surface area (Å²) in [6.07, 6.45) is 7.09. The summed E-state index contributed by atoms with van der Waals surface area (Å²) < 4.78 is 13.8. The minimum absolute atomic E-state index is 0. The molecule has 0 spiro atoms. The van der Waals surface area contributed by atoms with E-state index in [1.165, 1.54) is 31.2 Å². The van der Waals surface area contributed by atoms with E-state index in [-0.39, 0.29) is 7.24 Å². The van der Waals surface area contributed by atoms with Gasteiger partial charge in [-0.25, -0.2) is 4.39 Å². The van der Waals surface area contributed by atoms with Crippen LogP contribution in [0.2, 0.25) is 0 Å². The smallest absolute Gasteiger partial charge is 0.127 e. The molecule has 1 atom stereocenters. The van der Waals surface area contributed by atoms with Crippen LogP contribution in [0.4, 0.5) is 4.39 Å². The molecule has 1 unspecified atom stereocenters. The van der Waals surface area contributed by atoms with Crippen LogP contribution in [-0.4, -0.2) is 6.54 Å². The molecule has 2 heteroatoms. The van der Waals surface area contributed by atoms with Crippen LogP contribution in [-0.2, 0) is 13.0 Å². The maximum Gasteiger partial charge on any atom is 0.127 e. The molecule has 0 radical (unpaired) electrons. The zero-order chi connectivity index (χ0) is 14.8. The summed E-state index contributed by atoms with van der Waals surface area (Å²) in [5, 5.41) is 3.32. The van der Waals surface area contributed by atoms with Crippen LogP contribution in [0.25, 0.3) is 0 Å². The highest BCUT2D eigenvalue weighted by atomic mass is 19.1. The van der Waals surface area contributed by atoms with Gasteiger partial charge in [0.2, 0.25) is 0 Å². The fourth-order valence-corrected chi connectivity index (χ4v) is 2.61. The minimum atomic E-state index is -0.0821. The van der Waals surface area contributed by atoms with Gasteiger partial charge in [0.1, 0.15) is 5.82 Å². The van der Waals surface area contributed by atoms with E-state index < -0.39 is 0 Å². The first-order valence-electron chi connectivity index (χ1n) is 8.19. The molecule has 20 heavy (non-hydrogen) atoms. The van der Waals surface area contributed by atoms with Gasteiger partial charge in [0.05, 0.1) is 0 Å². The number of rotatable bonds is 10. The molecular formula is C18H32FN. The van der Waals surface area contributed by atoms with Gasteiger partial charge < -0.3 is 5.32 Å². The first-order chi connectivity index (χ1) is 9.71. The van der Waals surface area contributed by atoms with Crippen LogP contribution < -0.4 is 5.32 Å². The van der Waals surface area contributed by atoms with Crippen LogP contribution in [0.5, 0.6) is 0 Å². The second kappa shape index (κ2) is 9.93. The van der Waals surface area contributed by atoms with Crippen molar-refractivity contribution in [2.24, 2.45) is 5.92 Å². The maximum absolute atomic E-state index is 13.8. The average Bonchev–Trinajstić information content (AvgIpc) is 2.46. The first kappa shape index (κ1) is 17.2. The average molecular weight is 281 g/mol. The Bertz CT molecular complexity index is 381. The number of hydrogen-bond donors (Lipinski definition) is 1. The van der Waals surface area contributed by atoms with E-state index in [2.05, 4.69) is 26.1 Å². The molecule has 0 amide bonds. The number of nitrogens with one attached hydrogen (secondary N) is 1. The highest BCUT2D eigenvalue weighted by Gasteiger charge is 2.09. The third-order valence-electron chi connectivity index (χ3n) is 3.93. The molecule has 0 bridgehead atoms. The van der Waals surface area contributed by atoms with Gasteiger partial charge in [-0.05, 0) is 36.9 Å². The molecule has 0 aliphatic carbocycles. The van der Waals surface area contributed by atoms with Crippen molar-refractivity contribution in [2.75, 3.05) is 6.54 Å².